The summed E-state index contributed by atoms with van der Waals surface area (Å²) in [6.45, 7) is 3.49. The summed E-state index contributed by atoms with van der Waals surface area (Å²) < 4.78 is 0. The van der Waals surface area contributed by atoms with Crippen molar-refractivity contribution in [3.8, 4) is 0 Å². The third-order valence-corrected chi connectivity index (χ3v) is 1.89. The Morgan fingerprint density at radius 1 is 1.64 bits per heavy atom. The van der Waals surface area contributed by atoms with Crippen LogP contribution < -0.4 is 0 Å². The maximum absolute atomic E-state index is 10.8. The summed E-state index contributed by atoms with van der Waals surface area (Å²) in [7, 11) is 0. The summed E-state index contributed by atoms with van der Waals surface area (Å²) in [6, 6.07) is 0. The van der Waals surface area contributed by atoms with Gasteiger partial charge in [0.1, 0.15) is 5.82 Å². The largest absolute Gasteiger partial charge is 0.476 e. The smallest absolute Gasteiger partial charge is 0.356 e. The van der Waals surface area contributed by atoms with Crippen molar-refractivity contribution < 1.29 is 15.0 Å². The normalized spacial score (nSPS) is 12.8. The molecule has 1 heterocycles. The van der Waals surface area contributed by atoms with Crippen LogP contribution in [0.25, 0.3) is 0 Å². The fourth-order valence-electron chi connectivity index (χ4n) is 1.26. The van der Waals surface area contributed by atoms with Crippen molar-refractivity contribution in [3.63, 3.8) is 0 Å². The molecule has 0 spiro atoms. The van der Waals surface area contributed by atoms with Crippen LogP contribution in [0.1, 0.15) is 48.4 Å². The van der Waals surface area contributed by atoms with Gasteiger partial charge in [-0.15, -0.1) is 0 Å². The van der Waals surface area contributed by atoms with E-state index in [0.717, 1.165) is 6.42 Å². The number of aromatic carboxylic acids is 1. The van der Waals surface area contributed by atoms with Crippen molar-refractivity contribution in [1.82, 2.24) is 9.97 Å². The zero-order valence-corrected chi connectivity index (χ0v) is 8.24. The number of H-pyrrole nitrogens is 1. The Labute approximate surface area is 81.8 Å². The molecule has 14 heavy (non-hydrogen) atoms. The molecule has 0 aromatic carbocycles. The molecule has 0 aliphatic heterocycles. The first-order chi connectivity index (χ1) is 6.56. The Hall–Kier alpha value is -1.36. The first kappa shape index (κ1) is 10.7. The minimum absolute atomic E-state index is 0.0801. The molecule has 0 fully saturated rings. The topological polar surface area (TPSA) is 86.2 Å². The molecule has 1 unspecified atom stereocenters. The van der Waals surface area contributed by atoms with E-state index in [-0.39, 0.29) is 11.4 Å². The molecule has 1 aromatic heterocycles. The first-order valence-corrected chi connectivity index (χ1v) is 4.56. The highest BCUT2D eigenvalue weighted by atomic mass is 16.4. The van der Waals surface area contributed by atoms with E-state index in [1.165, 1.54) is 6.92 Å². The number of aliphatic hydroxyl groups is 1. The lowest BCUT2D eigenvalue weighted by Crippen LogP contribution is -2.04. The lowest BCUT2D eigenvalue weighted by atomic mass is 10.2. The number of hydrogen-bond acceptors (Lipinski definition) is 3. The molecule has 0 aliphatic rings. The molecule has 0 aliphatic carbocycles. The zero-order chi connectivity index (χ0) is 10.7. The fraction of sp³-hybridized carbons (Fsp3) is 0.556. The van der Waals surface area contributed by atoms with E-state index in [0.29, 0.717) is 12.2 Å². The number of nitrogens with one attached hydrogen (secondary N) is 1. The number of imidazole rings is 1. The number of carboxylic acids is 1. The molecule has 0 bridgehead atoms. The molecule has 0 saturated carbocycles. The van der Waals surface area contributed by atoms with Gasteiger partial charge < -0.3 is 15.2 Å². The van der Waals surface area contributed by atoms with Crippen molar-refractivity contribution in [1.29, 1.82) is 0 Å². The van der Waals surface area contributed by atoms with Gasteiger partial charge in [0.05, 0.1) is 11.8 Å². The number of carbonyl (C=O) groups is 1. The van der Waals surface area contributed by atoms with Crippen molar-refractivity contribution >= 4 is 5.97 Å². The molecule has 1 atom stereocenters. The Bertz CT molecular complexity index is 331. The van der Waals surface area contributed by atoms with Gasteiger partial charge in [-0.2, -0.15) is 0 Å². The summed E-state index contributed by atoms with van der Waals surface area (Å²) in [5.41, 5.74) is 0.199. The number of aliphatic hydroxyl groups excluding tert-OH is 1. The average Bonchev–Trinajstić information content (AvgIpc) is 2.49. The standard InChI is InChI=1S/C9H14N2O3/c1-3-4-6-10-7(5(2)12)8(11-6)9(13)14/h5,12H,3-4H2,1-2H3,(H,10,11)(H,13,14). The monoisotopic (exact) mass is 198 g/mol. The third-order valence-electron chi connectivity index (χ3n) is 1.89. The number of nitrogens with zero attached hydrogens (tertiary/aromatic N) is 1. The van der Waals surface area contributed by atoms with Crippen LogP contribution in [0.5, 0.6) is 0 Å². The van der Waals surface area contributed by atoms with Gasteiger partial charge in [-0.3, -0.25) is 0 Å². The minimum atomic E-state index is -1.11. The molecule has 78 valence electrons. The Kier molecular flexibility index (Phi) is 3.24. The average molecular weight is 198 g/mol. The van der Waals surface area contributed by atoms with E-state index >= 15 is 0 Å². The summed E-state index contributed by atoms with van der Waals surface area (Å²) >= 11 is 0. The lowest BCUT2D eigenvalue weighted by Gasteiger charge is -2.00. The van der Waals surface area contributed by atoms with Crippen molar-refractivity contribution in [2.24, 2.45) is 0 Å². The fourth-order valence-corrected chi connectivity index (χ4v) is 1.26. The van der Waals surface area contributed by atoms with Crippen LogP contribution in [0.4, 0.5) is 0 Å². The predicted octanol–water partition coefficient (Wildman–Crippen LogP) is 1.11. The van der Waals surface area contributed by atoms with Gasteiger partial charge in [-0.1, -0.05) is 6.92 Å². The molecule has 5 heteroatoms. The van der Waals surface area contributed by atoms with Crippen molar-refractivity contribution in [2.75, 3.05) is 0 Å². The van der Waals surface area contributed by atoms with Crippen LogP contribution in [0.3, 0.4) is 0 Å². The van der Waals surface area contributed by atoms with Gasteiger partial charge in [0.15, 0.2) is 5.69 Å². The van der Waals surface area contributed by atoms with Gasteiger partial charge >= 0.3 is 5.97 Å². The van der Waals surface area contributed by atoms with E-state index < -0.39 is 12.1 Å². The van der Waals surface area contributed by atoms with Crippen LogP contribution in [0.2, 0.25) is 0 Å². The van der Waals surface area contributed by atoms with Crippen LogP contribution in [0.15, 0.2) is 0 Å². The van der Waals surface area contributed by atoms with E-state index in [2.05, 4.69) is 9.97 Å². The summed E-state index contributed by atoms with van der Waals surface area (Å²) in [6.07, 6.45) is 0.734. The summed E-state index contributed by atoms with van der Waals surface area (Å²) in [5, 5.41) is 18.1. The van der Waals surface area contributed by atoms with Gasteiger partial charge in [-0.25, -0.2) is 9.78 Å². The maximum atomic E-state index is 10.8. The maximum Gasteiger partial charge on any atom is 0.356 e. The molecule has 0 radical (unpaired) electrons. The molecular formula is C9H14N2O3. The summed E-state index contributed by atoms with van der Waals surface area (Å²) in [4.78, 5) is 17.5. The van der Waals surface area contributed by atoms with Crippen LogP contribution in [0, 0.1) is 0 Å². The van der Waals surface area contributed by atoms with E-state index in [9.17, 15) is 9.90 Å². The molecule has 1 rings (SSSR count). The third kappa shape index (κ3) is 2.11. The van der Waals surface area contributed by atoms with Gasteiger partial charge in [0, 0.05) is 6.42 Å². The molecule has 3 N–H and O–H groups in total. The number of rotatable bonds is 4. The number of aromatic nitrogens is 2. The first-order valence-electron chi connectivity index (χ1n) is 4.56. The van der Waals surface area contributed by atoms with E-state index in [4.69, 9.17) is 5.11 Å². The van der Waals surface area contributed by atoms with Crippen LogP contribution in [-0.4, -0.2) is 26.2 Å². The van der Waals surface area contributed by atoms with Gasteiger partial charge in [0.25, 0.3) is 0 Å². The second-order valence-electron chi connectivity index (χ2n) is 3.18. The molecule has 0 amide bonds. The molecule has 5 nitrogen and oxygen atoms in total. The molecule has 0 saturated heterocycles. The number of aryl methyl sites for hydroxylation is 1. The highest BCUT2D eigenvalue weighted by molar-refractivity contribution is 5.86. The highest BCUT2D eigenvalue weighted by Gasteiger charge is 2.19. The number of aromatic amines is 1. The van der Waals surface area contributed by atoms with Gasteiger partial charge in [0.2, 0.25) is 0 Å². The van der Waals surface area contributed by atoms with Crippen LogP contribution >= 0.6 is 0 Å². The second kappa shape index (κ2) is 4.23. The molecular weight excluding hydrogens is 184 g/mol. The highest BCUT2D eigenvalue weighted by Crippen LogP contribution is 2.15. The molecule has 1 aromatic rings. The minimum Gasteiger partial charge on any atom is -0.476 e. The Morgan fingerprint density at radius 2 is 2.29 bits per heavy atom. The number of hydrogen-bond donors (Lipinski definition) is 3. The van der Waals surface area contributed by atoms with E-state index in [1.54, 1.807) is 0 Å². The van der Waals surface area contributed by atoms with E-state index in [1.807, 2.05) is 6.92 Å². The van der Waals surface area contributed by atoms with Crippen LogP contribution in [-0.2, 0) is 6.42 Å². The quantitative estimate of drug-likeness (QED) is 0.676. The van der Waals surface area contributed by atoms with Crippen molar-refractivity contribution in [2.45, 2.75) is 32.8 Å². The second-order valence-corrected chi connectivity index (χ2v) is 3.18. The lowest BCUT2D eigenvalue weighted by molar-refractivity contribution is 0.0683. The Morgan fingerprint density at radius 3 is 2.64 bits per heavy atom. The zero-order valence-electron chi connectivity index (χ0n) is 8.24. The summed E-state index contributed by atoms with van der Waals surface area (Å²) in [5.74, 6) is -0.500. The Balaban J connectivity index is 3.06. The van der Waals surface area contributed by atoms with Crippen molar-refractivity contribution in [3.05, 3.63) is 17.2 Å². The predicted molar refractivity (Wildman–Crippen MR) is 50.2 cm³/mol. The number of carboxylic acid groups (broad SMARTS) is 1. The SMILES string of the molecule is CCCc1nc(C(=O)O)c(C(C)O)[nH]1. The van der Waals surface area contributed by atoms with Gasteiger partial charge in [-0.05, 0) is 13.3 Å².